The molecule has 0 aliphatic carbocycles. The van der Waals surface area contributed by atoms with Crippen molar-refractivity contribution in [2.75, 3.05) is 6.61 Å². The van der Waals surface area contributed by atoms with Crippen LogP contribution in [0, 0.1) is 5.41 Å². The van der Waals surface area contributed by atoms with Gasteiger partial charge < -0.3 is 10.8 Å². The van der Waals surface area contributed by atoms with Crippen molar-refractivity contribution >= 4 is 44.7 Å². The van der Waals surface area contributed by atoms with E-state index in [-0.39, 0.29) is 30.5 Å². The summed E-state index contributed by atoms with van der Waals surface area (Å²) in [5.41, 5.74) is 7.27. The zero-order valence-electron chi connectivity index (χ0n) is 13.9. The molecule has 0 spiro atoms. The molecule has 0 aliphatic rings. The monoisotopic (exact) mass is 339 g/mol. The Hall–Kier alpha value is -1.87. The highest BCUT2D eigenvalue weighted by atomic mass is 35.5. The van der Waals surface area contributed by atoms with Crippen LogP contribution in [0.15, 0.2) is 54.6 Å². The summed E-state index contributed by atoms with van der Waals surface area (Å²) in [6, 6.07) is 19.2. The first-order valence-electron chi connectivity index (χ1n) is 8.06. The van der Waals surface area contributed by atoms with Crippen molar-refractivity contribution in [3.63, 3.8) is 0 Å². The van der Waals surface area contributed by atoms with E-state index in [1.165, 1.54) is 32.3 Å². The van der Waals surface area contributed by atoms with Crippen LogP contribution in [-0.4, -0.2) is 11.7 Å². The van der Waals surface area contributed by atoms with Gasteiger partial charge in [-0.05, 0) is 37.9 Å². The molecule has 24 heavy (non-hydrogen) atoms. The van der Waals surface area contributed by atoms with Crippen LogP contribution >= 0.6 is 12.4 Å². The summed E-state index contributed by atoms with van der Waals surface area (Å²) in [7, 11) is 0. The maximum atomic E-state index is 9.69. The second-order valence-corrected chi connectivity index (χ2v) is 7.14. The molecule has 124 valence electrons. The van der Waals surface area contributed by atoms with Crippen LogP contribution in [0.25, 0.3) is 32.3 Å². The highest BCUT2D eigenvalue weighted by Crippen LogP contribution is 2.40. The number of aliphatic hydroxyl groups is 1. The Bertz CT molecular complexity index is 993. The summed E-state index contributed by atoms with van der Waals surface area (Å²) in [6.07, 6.45) is 0. The number of nitrogens with two attached hydrogens (primary N) is 1. The van der Waals surface area contributed by atoms with Gasteiger partial charge in [0.15, 0.2) is 0 Å². The Balaban J connectivity index is 0.00000169. The molecule has 0 heterocycles. The van der Waals surface area contributed by atoms with E-state index in [0.29, 0.717) is 0 Å². The summed E-state index contributed by atoms with van der Waals surface area (Å²) in [6.45, 7) is 4.08. The topological polar surface area (TPSA) is 46.2 Å². The molecule has 0 bridgehead atoms. The van der Waals surface area contributed by atoms with Gasteiger partial charge in [-0.1, -0.05) is 68.4 Å². The minimum absolute atomic E-state index is 0. The lowest BCUT2D eigenvalue weighted by Gasteiger charge is -2.31. The van der Waals surface area contributed by atoms with Gasteiger partial charge in [-0.15, -0.1) is 12.4 Å². The van der Waals surface area contributed by atoms with Crippen LogP contribution in [0.4, 0.5) is 0 Å². The van der Waals surface area contributed by atoms with Crippen LogP contribution in [0.3, 0.4) is 0 Å². The van der Waals surface area contributed by atoms with Crippen LogP contribution in [0.5, 0.6) is 0 Å². The first-order chi connectivity index (χ1) is 11.0. The molecule has 0 aromatic heterocycles. The van der Waals surface area contributed by atoms with E-state index in [9.17, 15) is 5.11 Å². The van der Waals surface area contributed by atoms with Crippen LogP contribution < -0.4 is 5.73 Å². The zero-order chi connectivity index (χ0) is 16.2. The standard InChI is InChI=1S/C21H21NO.ClH/c1-21(2,12-23)20(22)17-11-9-15-7-6-13-4-3-5-14-8-10-16(17)19(15)18(13)14;/h3-11,20,23H,12,22H2,1-2H3;1H/t20-;/m0./s1. The van der Waals surface area contributed by atoms with Crippen molar-refractivity contribution < 1.29 is 5.11 Å². The Morgan fingerprint density at radius 1 is 0.875 bits per heavy atom. The van der Waals surface area contributed by atoms with Crippen molar-refractivity contribution in [1.29, 1.82) is 0 Å². The van der Waals surface area contributed by atoms with Crippen LogP contribution in [0.2, 0.25) is 0 Å². The molecule has 4 rings (SSSR count). The Morgan fingerprint density at radius 3 is 2.04 bits per heavy atom. The average molecular weight is 340 g/mol. The fourth-order valence-corrected chi connectivity index (χ4v) is 3.55. The van der Waals surface area contributed by atoms with Crippen LogP contribution in [0.1, 0.15) is 25.5 Å². The van der Waals surface area contributed by atoms with Crippen LogP contribution in [-0.2, 0) is 0 Å². The first kappa shape index (κ1) is 17.0. The molecule has 1 atom stereocenters. The number of benzene rings is 4. The fourth-order valence-electron chi connectivity index (χ4n) is 3.55. The van der Waals surface area contributed by atoms with E-state index < -0.39 is 0 Å². The van der Waals surface area contributed by atoms with Gasteiger partial charge in [0.1, 0.15) is 0 Å². The molecular formula is C21H22ClNO. The Morgan fingerprint density at radius 2 is 1.42 bits per heavy atom. The van der Waals surface area contributed by atoms with Gasteiger partial charge in [-0.2, -0.15) is 0 Å². The predicted octanol–water partition coefficient (Wildman–Crippen LogP) is 5.02. The third kappa shape index (κ3) is 2.34. The third-order valence-electron chi connectivity index (χ3n) is 5.15. The molecule has 0 saturated carbocycles. The zero-order valence-corrected chi connectivity index (χ0v) is 14.7. The van der Waals surface area contributed by atoms with Gasteiger partial charge in [0.25, 0.3) is 0 Å². The van der Waals surface area contributed by atoms with Gasteiger partial charge in [0, 0.05) is 18.1 Å². The van der Waals surface area contributed by atoms with Crippen molar-refractivity contribution in [2.24, 2.45) is 11.1 Å². The molecule has 0 aliphatic heterocycles. The Labute approximate surface area is 148 Å². The second-order valence-electron chi connectivity index (χ2n) is 7.14. The molecule has 0 radical (unpaired) electrons. The maximum absolute atomic E-state index is 9.69. The van der Waals surface area contributed by atoms with Crippen molar-refractivity contribution in [1.82, 2.24) is 0 Å². The quantitative estimate of drug-likeness (QED) is 0.514. The number of halogens is 1. The smallest absolute Gasteiger partial charge is 0.0500 e. The summed E-state index contributed by atoms with van der Waals surface area (Å²) in [4.78, 5) is 0. The van der Waals surface area contributed by atoms with E-state index in [1.54, 1.807) is 0 Å². The molecule has 4 aromatic rings. The molecule has 0 fully saturated rings. The first-order valence-corrected chi connectivity index (χ1v) is 8.06. The van der Waals surface area contributed by atoms with E-state index in [0.717, 1.165) is 5.56 Å². The van der Waals surface area contributed by atoms with E-state index in [1.807, 2.05) is 13.8 Å². The highest BCUT2D eigenvalue weighted by molar-refractivity contribution is 6.23. The normalized spacial score (nSPS) is 13.5. The SMILES string of the molecule is CC(C)(CO)[C@@H](N)c1ccc2ccc3cccc4ccc1c2c34.Cl. The molecule has 3 N–H and O–H groups in total. The number of hydrogen-bond donors (Lipinski definition) is 2. The minimum Gasteiger partial charge on any atom is -0.396 e. The fraction of sp³-hybridized carbons (Fsp3) is 0.238. The molecule has 2 nitrogen and oxygen atoms in total. The molecule has 0 amide bonds. The van der Waals surface area contributed by atoms with Gasteiger partial charge in [-0.3, -0.25) is 0 Å². The van der Waals surface area contributed by atoms with Gasteiger partial charge >= 0.3 is 0 Å². The molecule has 0 saturated heterocycles. The average Bonchev–Trinajstić information content (AvgIpc) is 2.59. The maximum Gasteiger partial charge on any atom is 0.0500 e. The van der Waals surface area contributed by atoms with Crippen molar-refractivity contribution in [2.45, 2.75) is 19.9 Å². The largest absolute Gasteiger partial charge is 0.396 e. The predicted molar refractivity (Wildman–Crippen MR) is 105 cm³/mol. The Kier molecular flexibility index (Phi) is 4.16. The van der Waals surface area contributed by atoms with Crippen molar-refractivity contribution in [3.05, 3.63) is 60.2 Å². The van der Waals surface area contributed by atoms with Gasteiger partial charge in [0.2, 0.25) is 0 Å². The number of aliphatic hydroxyl groups excluding tert-OH is 1. The summed E-state index contributed by atoms with van der Waals surface area (Å²) < 4.78 is 0. The molecule has 3 heteroatoms. The molecular weight excluding hydrogens is 318 g/mol. The van der Waals surface area contributed by atoms with Gasteiger partial charge in [-0.25, -0.2) is 0 Å². The second kappa shape index (κ2) is 5.89. The van der Waals surface area contributed by atoms with E-state index >= 15 is 0 Å². The van der Waals surface area contributed by atoms with Crippen molar-refractivity contribution in [3.8, 4) is 0 Å². The lowest BCUT2D eigenvalue weighted by molar-refractivity contribution is 0.133. The summed E-state index contributed by atoms with van der Waals surface area (Å²) in [5, 5.41) is 17.2. The van der Waals surface area contributed by atoms with E-state index in [4.69, 9.17) is 5.73 Å². The van der Waals surface area contributed by atoms with E-state index in [2.05, 4.69) is 54.6 Å². The number of rotatable bonds is 3. The van der Waals surface area contributed by atoms with Gasteiger partial charge in [0.05, 0.1) is 0 Å². The highest BCUT2D eigenvalue weighted by Gasteiger charge is 2.28. The molecule has 4 aromatic carbocycles. The summed E-state index contributed by atoms with van der Waals surface area (Å²) >= 11 is 0. The lowest BCUT2D eigenvalue weighted by Crippen LogP contribution is -2.32. The molecule has 0 unspecified atom stereocenters. The lowest BCUT2D eigenvalue weighted by atomic mass is 9.79. The summed E-state index contributed by atoms with van der Waals surface area (Å²) in [5.74, 6) is 0. The third-order valence-corrected chi connectivity index (χ3v) is 5.15. The minimum atomic E-state index is -0.358. The number of hydrogen-bond acceptors (Lipinski definition) is 2.